The first kappa shape index (κ1) is 13.8. The molecule has 0 bridgehead atoms. The van der Waals surface area contributed by atoms with Crippen LogP contribution in [0.5, 0.6) is 0 Å². The smallest absolute Gasteiger partial charge is 0.260 e. The van der Waals surface area contributed by atoms with E-state index in [4.69, 9.17) is 23.2 Å². The average Bonchev–Trinajstić information content (AvgIpc) is 2.27. The highest BCUT2D eigenvalue weighted by Crippen LogP contribution is 2.25. The highest BCUT2D eigenvalue weighted by molar-refractivity contribution is 6.37. The summed E-state index contributed by atoms with van der Waals surface area (Å²) in [5, 5.41) is 2.66. The van der Waals surface area contributed by atoms with E-state index in [1.807, 2.05) is 0 Å². The molecule has 0 spiro atoms. The van der Waals surface area contributed by atoms with Crippen LogP contribution in [0.15, 0.2) is 30.5 Å². The van der Waals surface area contributed by atoms with Crippen molar-refractivity contribution in [2.45, 2.75) is 6.92 Å². The van der Waals surface area contributed by atoms with E-state index in [0.717, 1.165) is 11.8 Å². The molecule has 0 unspecified atom stereocenters. The zero-order valence-electron chi connectivity index (χ0n) is 9.88. The number of carbonyl (C=O) groups excluding carboxylic acids is 1. The average molecular weight is 299 g/mol. The molecule has 0 aliphatic carbocycles. The first-order valence-electron chi connectivity index (χ1n) is 5.36. The van der Waals surface area contributed by atoms with Crippen molar-refractivity contribution < 1.29 is 9.18 Å². The molecule has 1 aromatic heterocycles. The van der Waals surface area contributed by atoms with Crippen molar-refractivity contribution in [1.82, 2.24) is 4.98 Å². The maximum absolute atomic E-state index is 13.7. The Bertz CT molecular complexity index is 623. The van der Waals surface area contributed by atoms with Crippen LogP contribution in [-0.2, 0) is 0 Å². The van der Waals surface area contributed by atoms with Crippen molar-refractivity contribution in [2.75, 3.05) is 5.32 Å². The Labute approximate surface area is 119 Å². The van der Waals surface area contributed by atoms with Crippen molar-refractivity contribution in [1.29, 1.82) is 0 Å². The summed E-state index contributed by atoms with van der Waals surface area (Å²) in [6.07, 6.45) is 1.55. The van der Waals surface area contributed by atoms with Crippen LogP contribution in [0.1, 0.15) is 16.1 Å². The molecule has 0 aliphatic rings. The number of rotatable bonds is 2. The predicted octanol–water partition coefficient (Wildman–Crippen LogP) is 4.09. The van der Waals surface area contributed by atoms with Gasteiger partial charge in [0.1, 0.15) is 5.82 Å². The predicted molar refractivity (Wildman–Crippen MR) is 73.3 cm³/mol. The van der Waals surface area contributed by atoms with Gasteiger partial charge in [-0.15, -0.1) is 0 Å². The summed E-state index contributed by atoms with van der Waals surface area (Å²) >= 11 is 11.5. The fraction of sp³-hybridized carbons (Fsp3) is 0.0769. The first-order chi connectivity index (χ1) is 8.97. The number of amides is 1. The van der Waals surface area contributed by atoms with E-state index in [-0.39, 0.29) is 15.6 Å². The van der Waals surface area contributed by atoms with Gasteiger partial charge in [0.05, 0.1) is 10.6 Å². The molecule has 6 heteroatoms. The van der Waals surface area contributed by atoms with Gasteiger partial charge >= 0.3 is 0 Å². The minimum absolute atomic E-state index is 0.0340. The van der Waals surface area contributed by atoms with Crippen LogP contribution in [0.3, 0.4) is 0 Å². The lowest BCUT2D eigenvalue weighted by molar-refractivity contribution is 0.102. The van der Waals surface area contributed by atoms with E-state index < -0.39 is 11.7 Å². The van der Waals surface area contributed by atoms with Crippen LogP contribution in [0.25, 0.3) is 0 Å². The number of nitrogens with zero attached hydrogens (tertiary/aromatic N) is 1. The molecule has 0 radical (unpaired) electrons. The standard InChI is InChI=1S/C13H9Cl2FN2O/c1-7-4-9(2-3-17-7)18-13(19)12-10(15)5-8(14)6-11(12)16/h2-6H,1H3,(H,17,18,19). The second-order valence-corrected chi connectivity index (χ2v) is 4.73. The van der Waals surface area contributed by atoms with Crippen molar-refractivity contribution >= 4 is 34.8 Å². The largest absolute Gasteiger partial charge is 0.322 e. The lowest BCUT2D eigenvalue weighted by Crippen LogP contribution is -2.14. The second-order valence-electron chi connectivity index (χ2n) is 3.88. The molecule has 0 fully saturated rings. The Morgan fingerprint density at radius 1 is 1.32 bits per heavy atom. The molecule has 98 valence electrons. The Morgan fingerprint density at radius 2 is 2.05 bits per heavy atom. The van der Waals surface area contributed by atoms with Gasteiger partial charge in [0, 0.05) is 22.6 Å². The second kappa shape index (κ2) is 5.55. The molecule has 0 aliphatic heterocycles. The summed E-state index contributed by atoms with van der Waals surface area (Å²) in [5.41, 5.74) is 1.02. The van der Waals surface area contributed by atoms with Crippen molar-refractivity contribution in [3.05, 3.63) is 57.6 Å². The number of anilines is 1. The van der Waals surface area contributed by atoms with Gasteiger partial charge in [-0.25, -0.2) is 4.39 Å². The van der Waals surface area contributed by atoms with Gasteiger partial charge in [0.25, 0.3) is 5.91 Å². The molecule has 1 N–H and O–H groups in total. The minimum Gasteiger partial charge on any atom is -0.322 e. The van der Waals surface area contributed by atoms with E-state index in [1.165, 1.54) is 6.07 Å². The third-order valence-electron chi connectivity index (χ3n) is 2.39. The van der Waals surface area contributed by atoms with Gasteiger partial charge in [0.15, 0.2) is 0 Å². The molecule has 1 aromatic carbocycles. The van der Waals surface area contributed by atoms with Crippen molar-refractivity contribution in [2.24, 2.45) is 0 Å². The number of hydrogen-bond acceptors (Lipinski definition) is 2. The Hall–Kier alpha value is -1.65. The summed E-state index contributed by atoms with van der Waals surface area (Å²) in [7, 11) is 0. The summed E-state index contributed by atoms with van der Waals surface area (Å²) in [5.74, 6) is -1.40. The van der Waals surface area contributed by atoms with Gasteiger partial charge < -0.3 is 5.32 Å². The van der Waals surface area contributed by atoms with Gasteiger partial charge in [-0.3, -0.25) is 9.78 Å². The molecule has 0 saturated heterocycles. The van der Waals surface area contributed by atoms with Crippen molar-refractivity contribution in [3.63, 3.8) is 0 Å². The molecular weight excluding hydrogens is 290 g/mol. The zero-order chi connectivity index (χ0) is 14.0. The molecule has 19 heavy (non-hydrogen) atoms. The third kappa shape index (κ3) is 3.22. The molecule has 1 heterocycles. The normalized spacial score (nSPS) is 10.3. The molecule has 2 rings (SSSR count). The highest BCUT2D eigenvalue weighted by Gasteiger charge is 2.17. The molecule has 2 aromatic rings. The number of carbonyl (C=O) groups is 1. The SMILES string of the molecule is Cc1cc(NC(=O)c2c(F)cc(Cl)cc2Cl)ccn1. The van der Waals surface area contributed by atoms with Crippen LogP contribution in [0, 0.1) is 12.7 Å². The number of benzene rings is 1. The number of aryl methyl sites for hydroxylation is 1. The van der Waals surface area contributed by atoms with E-state index in [0.29, 0.717) is 5.69 Å². The number of hydrogen-bond donors (Lipinski definition) is 1. The number of nitrogens with one attached hydrogen (secondary N) is 1. The highest BCUT2D eigenvalue weighted by atomic mass is 35.5. The van der Waals surface area contributed by atoms with Crippen LogP contribution in [0.4, 0.5) is 10.1 Å². The summed E-state index contributed by atoms with van der Waals surface area (Å²) in [4.78, 5) is 16.0. The summed E-state index contributed by atoms with van der Waals surface area (Å²) in [6, 6.07) is 5.63. The zero-order valence-corrected chi connectivity index (χ0v) is 11.4. The summed E-state index contributed by atoms with van der Waals surface area (Å²) < 4.78 is 13.7. The van der Waals surface area contributed by atoms with Gasteiger partial charge in [-0.2, -0.15) is 0 Å². The number of pyridine rings is 1. The van der Waals surface area contributed by atoms with Crippen LogP contribution < -0.4 is 5.32 Å². The van der Waals surface area contributed by atoms with Gasteiger partial charge in [0.2, 0.25) is 0 Å². The van der Waals surface area contributed by atoms with Gasteiger partial charge in [-0.05, 0) is 31.2 Å². The molecule has 0 saturated carbocycles. The fourth-order valence-electron chi connectivity index (χ4n) is 1.58. The molecule has 0 atom stereocenters. The Kier molecular flexibility index (Phi) is 4.02. The molecular formula is C13H9Cl2FN2O. The van der Waals surface area contributed by atoms with E-state index in [2.05, 4.69) is 10.3 Å². The molecule has 1 amide bonds. The number of halogens is 3. The topological polar surface area (TPSA) is 42.0 Å². The van der Waals surface area contributed by atoms with Crippen LogP contribution >= 0.6 is 23.2 Å². The lowest BCUT2D eigenvalue weighted by atomic mass is 10.2. The number of aromatic nitrogens is 1. The first-order valence-corrected chi connectivity index (χ1v) is 6.11. The van der Waals surface area contributed by atoms with Crippen molar-refractivity contribution in [3.8, 4) is 0 Å². The van der Waals surface area contributed by atoms with E-state index in [9.17, 15) is 9.18 Å². The maximum Gasteiger partial charge on any atom is 0.260 e. The fourth-order valence-corrected chi connectivity index (χ4v) is 2.13. The van der Waals surface area contributed by atoms with Crippen LogP contribution in [-0.4, -0.2) is 10.9 Å². The quantitative estimate of drug-likeness (QED) is 0.907. The minimum atomic E-state index is -0.763. The molecule has 3 nitrogen and oxygen atoms in total. The monoisotopic (exact) mass is 298 g/mol. The third-order valence-corrected chi connectivity index (χ3v) is 2.90. The maximum atomic E-state index is 13.7. The lowest BCUT2D eigenvalue weighted by Gasteiger charge is -2.08. The Morgan fingerprint density at radius 3 is 2.68 bits per heavy atom. The van der Waals surface area contributed by atoms with Gasteiger partial charge in [-0.1, -0.05) is 23.2 Å². The van der Waals surface area contributed by atoms with E-state index >= 15 is 0 Å². The van der Waals surface area contributed by atoms with Crippen LogP contribution in [0.2, 0.25) is 10.0 Å². The summed E-state index contributed by atoms with van der Waals surface area (Å²) in [6.45, 7) is 1.78. The van der Waals surface area contributed by atoms with E-state index in [1.54, 1.807) is 25.3 Å². The Balaban J connectivity index is 2.31.